The quantitative estimate of drug-likeness (QED) is 0.832. The van der Waals surface area contributed by atoms with Crippen LogP contribution >= 0.6 is 0 Å². The van der Waals surface area contributed by atoms with Crippen LogP contribution in [-0.2, 0) is 21.3 Å². The molecule has 0 aromatic carbocycles. The lowest BCUT2D eigenvalue weighted by molar-refractivity contribution is 0.148. The maximum absolute atomic E-state index is 12.9. The molecular formula is C13H24N4O3S. The van der Waals surface area contributed by atoms with E-state index >= 15 is 0 Å². The van der Waals surface area contributed by atoms with Crippen LogP contribution in [-0.4, -0.2) is 55.3 Å². The van der Waals surface area contributed by atoms with Crippen molar-refractivity contribution in [3.63, 3.8) is 0 Å². The largest absolute Gasteiger partial charge is 0.380 e. The van der Waals surface area contributed by atoms with Crippen LogP contribution in [0.5, 0.6) is 0 Å². The average molecular weight is 316 g/mol. The molecule has 0 radical (unpaired) electrons. The second-order valence-corrected chi connectivity index (χ2v) is 7.40. The summed E-state index contributed by atoms with van der Waals surface area (Å²) in [6.07, 6.45) is 0.718. The molecular weight excluding hydrogens is 292 g/mol. The van der Waals surface area contributed by atoms with Crippen molar-refractivity contribution in [3.05, 3.63) is 11.4 Å². The van der Waals surface area contributed by atoms with Gasteiger partial charge in [-0.05, 0) is 13.3 Å². The lowest BCUT2D eigenvalue weighted by Gasteiger charge is -2.20. The molecule has 7 nitrogen and oxygen atoms in total. The van der Waals surface area contributed by atoms with E-state index in [2.05, 4.69) is 15.5 Å². The monoisotopic (exact) mass is 316 g/mol. The number of nitrogens with one attached hydrogen (secondary N) is 2. The Hall–Kier alpha value is -0.960. The van der Waals surface area contributed by atoms with E-state index in [1.807, 2.05) is 13.8 Å². The van der Waals surface area contributed by atoms with E-state index in [4.69, 9.17) is 4.74 Å². The van der Waals surface area contributed by atoms with Gasteiger partial charge < -0.3 is 10.1 Å². The Morgan fingerprint density at radius 1 is 1.38 bits per heavy atom. The lowest BCUT2D eigenvalue weighted by Crippen LogP contribution is -2.34. The van der Waals surface area contributed by atoms with E-state index in [9.17, 15) is 8.42 Å². The minimum absolute atomic E-state index is 0.268. The minimum Gasteiger partial charge on any atom is -0.380 e. The third kappa shape index (κ3) is 3.82. The van der Waals surface area contributed by atoms with E-state index in [0.717, 1.165) is 6.42 Å². The van der Waals surface area contributed by atoms with E-state index in [-0.39, 0.29) is 6.04 Å². The highest BCUT2D eigenvalue weighted by Gasteiger charge is 2.31. The third-order valence-corrected chi connectivity index (χ3v) is 5.52. The van der Waals surface area contributed by atoms with Gasteiger partial charge in [0.1, 0.15) is 4.90 Å². The topological polar surface area (TPSA) is 87.3 Å². The molecule has 1 aliphatic heterocycles. The zero-order valence-electron chi connectivity index (χ0n) is 12.8. The van der Waals surface area contributed by atoms with Gasteiger partial charge in [0.15, 0.2) is 0 Å². The van der Waals surface area contributed by atoms with Gasteiger partial charge in [0.2, 0.25) is 10.0 Å². The standard InChI is InChI=1S/C13H24N4O3S/c1-10(2)14-9-12-13(11(3)15-16-12)21(18,19)17-5-4-7-20-8-6-17/h10,14H,4-9H2,1-3H3,(H,15,16). The fourth-order valence-corrected chi connectivity index (χ4v) is 4.12. The number of nitrogens with zero attached hydrogens (tertiary/aromatic N) is 2. The Morgan fingerprint density at radius 3 is 2.86 bits per heavy atom. The first-order valence-electron chi connectivity index (χ1n) is 7.28. The fourth-order valence-electron chi connectivity index (χ4n) is 2.32. The van der Waals surface area contributed by atoms with Gasteiger partial charge in [-0.3, -0.25) is 5.10 Å². The number of ether oxygens (including phenoxy) is 1. The zero-order valence-corrected chi connectivity index (χ0v) is 13.7. The number of hydrogen-bond acceptors (Lipinski definition) is 5. The minimum atomic E-state index is -3.53. The second-order valence-electron chi connectivity index (χ2n) is 5.53. The molecule has 0 amide bonds. The van der Waals surface area contributed by atoms with Gasteiger partial charge in [0.05, 0.1) is 18.0 Å². The molecule has 1 fully saturated rings. The van der Waals surface area contributed by atoms with Crippen LogP contribution in [0.3, 0.4) is 0 Å². The van der Waals surface area contributed by atoms with Gasteiger partial charge >= 0.3 is 0 Å². The molecule has 21 heavy (non-hydrogen) atoms. The molecule has 0 spiro atoms. The Balaban J connectivity index is 2.28. The van der Waals surface area contributed by atoms with E-state index < -0.39 is 10.0 Å². The van der Waals surface area contributed by atoms with Gasteiger partial charge in [-0.25, -0.2) is 8.42 Å². The van der Waals surface area contributed by atoms with Crippen molar-refractivity contribution in [1.82, 2.24) is 19.8 Å². The zero-order chi connectivity index (χ0) is 15.5. The van der Waals surface area contributed by atoms with E-state index in [0.29, 0.717) is 49.1 Å². The summed E-state index contributed by atoms with van der Waals surface area (Å²) in [6.45, 7) is 8.13. The molecule has 0 saturated carbocycles. The number of aromatic amines is 1. The smallest absolute Gasteiger partial charge is 0.246 e. The van der Waals surface area contributed by atoms with Crippen molar-refractivity contribution in [2.75, 3.05) is 26.3 Å². The van der Waals surface area contributed by atoms with E-state index in [1.54, 1.807) is 6.92 Å². The molecule has 1 aromatic heterocycles. The number of hydrogen-bond donors (Lipinski definition) is 2. The molecule has 1 aliphatic rings. The predicted molar refractivity (Wildman–Crippen MR) is 79.5 cm³/mol. The number of aryl methyl sites for hydroxylation is 1. The number of rotatable bonds is 5. The summed E-state index contributed by atoms with van der Waals surface area (Å²) >= 11 is 0. The van der Waals surface area contributed by atoms with Crippen molar-refractivity contribution in [3.8, 4) is 0 Å². The first kappa shape index (κ1) is 16.4. The molecule has 2 N–H and O–H groups in total. The molecule has 8 heteroatoms. The molecule has 120 valence electrons. The molecule has 1 aromatic rings. The summed E-state index contributed by atoms with van der Waals surface area (Å²) in [4.78, 5) is 0.303. The van der Waals surface area contributed by atoms with Crippen LogP contribution in [0.2, 0.25) is 0 Å². The highest BCUT2D eigenvalue weighted by atomic mass is 32.2. The van der Waals surface area contributed by atoms with Gasteiger partial charge in [-0.1, -0.05) is 13.8 Å². The Kier molecular flexibility index (Phi) is 5.37. The van der Waals surface area contributed by atoms with E-state index in [1.165, 1.54) is 4.31 Å². The Bertz CT molecular complexity index is 560. The maximum atomic E-state index is 12.9. The van der Waals surface area contributed by atoms with Crippen molar-refractivity contribution in [2.45, 2.75) is 44.7 Å². The molecule has 2 rings (SSSR count). The van der Waals surface area contributed by atoms with Crippen molar-refractivity contribution in [1.29, 1.82) is 0 Å². The van der Waals surface area contributed by atoms with Crippen LogP contribution in [0.25, 0.3) is 0 Å². The summed E-state index contributed by atoms with van der Waals surface area (Å²) in [5.74, 6) is 0. The predicted octanol–water partition coefficient (Wildman–Crippen LogP) is 0.627. The summed E-state index contributed by atoms with van der Waals surface area (Å²) in [7, 11) is -3.53. The highest BCUT2D eigenvalue weighted by molar-refractivity contribution is 7.89. The van der Waals surface area contributed by atoms with Crippen LogP contribution in [0.1, 0.15) is 31.7 Å². The van der Waals surface area contributed by atoms with Crippen molar-refractivity contribution < 1.29 is 13.2 Å². The van der Waals surface area contributed by atoms with Crippen molar-refractivity contribution >= 4 is 10.0 Å². The molecule has 0 unspecified atom stereocenters. The second kappa shape index (κ2) is 6.87. The van der Waals surface area contributed by atoms with Crippen LogP contribution in [0.15, 0.2) is 4.90 Å². The van der Waals surface area contributed by atoms with Crippen LogP contribution in [0.4, 0.5) is 0 Å². The normalized spacial score (nSPS) is 18.1. The van der Waals surface area contributed by atoms with Gasteiger partial charge in [-0.15, -0.1) is 0 Å². The van der Waals surface area contributed by atoms with Crippen LogP contribution in [0, 0.1) is 6.92 Å². The number of H-pyrrole nitrogens is 1. The third-order valence-electron chi connectivity index (χ3n) is 3.42. The maximum Gasteiger partial charge on any atom is 0.246 e. The summed E-state index contributed by atoms with van der Waals surface area (Å²) in [5.41, 5.74) is 1.13. The average Bonchev–Trinajstić information content (AvgIpc) is 2.65. The Labute approximate surface area is 126 Å². The van der Waals surface area contributed by atoms with Gasteiger partial charge in [0, 0.05) is 32.3 Å². The lowest BCUT2D eigenvalue weighted by atomic mass is 10.3. The fraction of sp³-hybridized carbons (Fsp3) is 0.769. The summed E-state index contributed by atoms with van der Waals surface area (Å²) in [6, 6.07) is 0.268. The molecule has 1 saturated heterocycles. The Morgan fingerprint density at radius 2 is 2.14 bits per heavy atom. The first-order chi connectivity index (χ1) is 9.93. The molecule has 0 aliphatic carbocycles. The van der Waals surface area contributed by atoms with Gasteiger partial charge in [-0.2, -0.15) is 9.40 Å². The van der Waals surface area contributed by atoms with Crippen LogP contribution < -0.4 is 5.32 Å². The molecule has 2 heterocycles. The first-order valence-corrected chi connectivity index (χ1v) is 8.72. The number of sulfonamides is 1. The SMILES string of the molecule is Cc1[nH]nc(CNC(C)C)c1S(=O)(=O)N1CCCOCC1. The van der Waals surface area contributed by atoms with Crippen molar-refractivity contribution in [2.24, 2.45) is 0 Å². The molecule has 0 atom stereocenters. The molecule has 0 bridgehead atoms. The summed E-state index contributed by atoms with van der Waals surface area (Å²) in [5, 5.41) is 10.2. The number of aromatic nitrogens is 2. The van der Waals surface area contributed by atoms with Gasteiger partial charge in [0.25, 0.3) is 0 Å². The summed E-state index contributed by atoms with van der Waals surface area (Å²) < 4.78 is 32.6. The highest BCUT2D eigenvalue weighted by Crippen LogP contribution is 2.23.